The fraction of sp³-hybridized carbons (Fsp3) is 0.647. The summed E-state index contributed by atoms with van der Waals surface area (Å²) in [5, 5.41) is 3.59. The highest BCUT2D eigenvalue weighted by molar-refractivity contribution is 5.58. The lowest BCUT2D eigenvalue weighted by Crippen LogP contribution is -2.12. The maximum Gasteiger partial charge on any atom is 0.124 e. The Morgan fingerprint density at radius 2 is 2.05 bits per heavy atom. The van der Waals surface area contributed by atoms with Crippen molar-refractivity contribution >= 4 is 5.69 Å². The number of rotatable bonds is 7. The van der Waals surface area contributed by atoms with E-state index in [-0.39, 0.29) is 0 Å². The van der Waals surface area contributed by atoms with Crippen LogP contribution < -0.4 is 10.1 Å². The topological polar surface area (TPSA) is 21.3 Å². The van der Waals surface area contributed by atoms with E-state index in [9.17, 15) is 0 Å². The molecule has 0 saturated heterocycles. The molecule has 1 saturated carbocycles. The second kappa shape index (κ2) is 5.85. The molecule has 2 heteroatoms. The summed E-state index contributed by atoms with van der Waals surface area (Å²) in [7, 11) is 1.77. The van der Waals surface area contributed by atoms with E-state index in [1.807, 2.05) is 0 Å². The maximum absolute atomic E-state index is 5.55. The summed E-state index contributed by atoms with van der Waals surface area (Å²) in [6.45, 7) is 7.84. The third-order valence-corrected chi connectivity index (χ3v) is 4.24. The van der Waals surface area contributed by atoms with Crippen molar-refractivity contribution in [3.05, 3.63) is 23.3 Å². The number of unbranched alkanes of at least 4 members (excludes halogenated alkanes) is 1. The molecule has 1 N–H and O–H groups in total. The van der Waals surface area contributed by atoms with Gasteiger partial charge in [-0.15, -0.1) is 0 Å². The summed E-state index contributed by atoms with van der Waals surface area (Å²) < 4.78 is 5.55. The van der Waals surface area contributed by atoms with Gasteiger partial charge in [0.1, 0.15) is 5.75 Å². The Labute approximate surface area is 117 Å². The van der Waals surface area contributed by atoms with Crippen LogP contribution in [0.3, 0.4) is 0 Å². The van der Waals surface area contributed by atoms with Crippen molar-refractivity contribution in [1.29, 1.82) is 0 Å². The summed E-state index contributed by atoms with van der Waals surface area (Å²) in [6.07, 6.45) is 6.26. The van der Waals surface area contributed by atoms with E-state index in [0.717, 1.165) is 18.7 Å². The molecule has 106 valence electrons. The number of anilines is 1. The predicted molar refractivity (Wildman–Crippen MR) is 82.2 cm³/mol. The summed E-state index contributed by atoms with van der Waals surface area (Å²) >= 11 is 0. The van der Waals surface area contributed by atoms with Gasteiger partial charge in [-0.25, -0.2) is 0 Å². The minimum atomic E-state index is 0.528. The van der Waals surface area contributed by atoms with E-state index in [1.165, 1.54) is 42.5 Å². The molecule has 0 aliphatic heterocycles. The smallest absolute Gasteiger partial charge is 0.124 e. The number of aryl methyl sites for hydroxylation is 2. The van der Waals surface area contributed by atoms with Crippen LogP contribution in [0.5, 0.6) is 5.75 Å². The number of ether oxygens (including phenoxy) is 1. The Balaban J connectivity index is 2.10. The second-order valence-electron chi connectivity index (χ2n) is 6.25. The number of hydrogen-bond donors (Lipinski definition) is 1. The zero-order valence-electron chi connectivity index (χ0n) is 12.8. The Morgan fingerprint density at radius 3 is 2.63 bits per heavy atom. The largest absolute Gasteiger partial charge is 0.496 e. The van der Waals surface area contributed by atoms with Crippen molar-refractivity contribution in [2.24, 2.45) is 5.41 Å². The highest BCUT2D eigenvalue weighted by atomic mass is 16.5. The van der Waals surface area contributed by atoms with Gasteiger partial charge in [0.25, 0.3) is 0 Å². The van der Waals surface area contributed by atoms with Crippen LogP contribution in [-0.2, 0) is 6.42 Å². The molecule has 2 nitrogen and oxygen atoms in total. The standard InChI is InChI=1S/C17H27NO/c1-5-6-7-14-10-13(2)15(11-16(14)19-4)18-12-17(3)8-9-17/h10-11,18H,5-9,12H2,1-4H3. The van der Waals surface area contributed by atoms with Crippen LogP contribution in [0.1, 0.15) is 50.7 Å². The number of nitrogens with one attached hydrogen (secondary N) is 1. The summed E-state index contributed by atoms with van der Waals surface area (Å²) in [6, 6.07) is 4.46. The molecule has 0 heterocycles. The van der Waals surface area contributed by atoms with Crippen molar-refractivity contribution in [1.82, 2.24) is 0 Å². The van der Waals surface area contributed by atoms with Crippen molar-refractivity contribution in [3.63, 3.8) is 0 Å². The van der Waals surface area contributed by atoms with E-state index >= 15 is 0 Å². The highest BCUT2D eigenvalue weighted by Crippen LogP contribution is 2.45. The molecule has 1 aliphatic carbocycles. The van der Waals surface area contributed by atoms with E-state index in [4.69, 9.17) is 4.74 Å². The van der Waals surface area contributed by atoms with E-state index < -0.39 is 0 Å². The second-order valence-corrected chi connectivity index (χ2v) is 6.25. The molecule has 0 atom stereocenters. The van der Waals surface area contributed by atoms with E-state index in [0.29, 0.717) is 5.41 Å². The van der Waals surface area contributed by atoms with Crippen LogP contribution in [0.4, 0.5) is 5.69 Å². The van der Waals surface area contributed by atoms with Gasteiger partial charge in [-0.2, -0.15) is 0 Å². The summed E-state index contributed by atoms with van der Waals surface area (Å²) in [5.74, 6) is 1.03. The van der Waals surface area contributed by atoms with Crippen molar-refractivity contribution in [2.75, 3.05) is 19.0 Å². The average molecular weight is 261 g/mol. The van der Waals surface area contributed by atoms with Gasteiger partial charge in [0.15, 0.2) is 0 Å². The Bertz CT molecular complexity index is 435. The molecular formula is C17H27NO. The van der Waals surface area contributed by atoms with Gasteiger partial charge in [-0.1, -0.05) is 26.3 Å². The molecule has 1 aliphatic rings. The summed E-state index contributed by atoms with van der Waals surface area (Å²) in [4.78, 5) is 0. The first-order valence-corrected chi connectivity index (χ1v) is 7.49. The maximum atomic E-state index is 5.55. The zero-order valence-corrected chi connectivity index (χ0v) is 12.8. The quantitative estimate of drug-likeness (QED) is 0.777. The van der Waals surface area contributed by atoms with Crippen molar-refractivity contribution in [3.8, 4) is 5.75 Å². The molecular weight excluding hydrogens is 234 g/mol. The Kier molecular flexibility index (Phi) is 4.38. The molecule has 0 aromatic heterocycles. The molecule has 1 aromatic rings. The monoisotopic (exact) mass is 261 g/mol. The first kappa shape index (κ1) is 14.2. The van der Waals surface area contributed by atoms with Crippen LogP contribution >= 0.6 is 0 Å². The van der Waals surface area contributed by atoms with Gasteiger partial charge in [0.2, 0.25) is 0 Å². The van der Waals surface area contributed by atoms with E-state index in [1.54, 1.807) is 7.11 Å². The van der Waals surface area contributed by atoms with Crippen LogP contribution in [0.25, 0.3) is 0 Å². The Hall–Kier alpha value is -1.18. The van der Waals surface area contributed by atoms with Gasteiger partial charge < -0.3 is 10.1 Å². The lowest BCUT2D eigenvalue weighted by atomic mass is 10.0. The highest BCUT2D eigenvalue weighted by Gasteiger charge is 2.36. The van der Waals surface area contributed by atoms with Gasteiger partial charge >= 0.3 is 0 Å². The molecule has 0 spiro atoms. The molecule has 1 fully saturated rings. The van der Waals surface area contributed by atoms with E-state index in [2.05, 4.69) is 38.2 Å². The molecule has 1 aromatic carbocycles. The SMILES string of the molecule is CCCCc1cc(C)c(NCC2(C)CC2)cc1OC. The summed E-state index contributed by atoms with van der Waals surface area (Å²) in [5.41, 5.74) is 4.42. The normalized spacial score (nSPS) is 16.2. The molecule has 19 heavy (non-hydrogen) atoms. The van der Waals surface area contributed by atoms with Gasteiger partial charge in [0, 0.05) is 18.3 Å². The van der Waals surface area contributed by atoms with Crippen LogP contribution in [0, 0.1) is 12.3 Å². The number of methoxy groups -OCH3 is 1. The van der Waals surface area contributed by atoms with Crippen LogP contribution in [0.2, 0.25) is 0 Å². The van der Waals surface area contributed by atoms with Crippen LogP contribution in [-0.4, -0.2) is 13.7 Å². The molecule has 0 amide bonds. The minimum absolute atomic E-state index is 0.528. The average Bonchev–Trinajstić information content (AvgIpc) is 3.13. The lowest BCUT2D eigenvalue weighted by molar-refractivity contribution is 0.409. The Morgan fingerprint density at radius 1 is 1.32 bits per heavy atom. The predicted octanol–water partition coefficient (Wildman–Crippen LogP) is 4.56. The number of benzene rings is 1. The first-order chi connectivity index (χ1) is 9.08. The van der Waals surface area contributed by atoms with Gasteiger partial charge in [-0.3, -0.25) is 0 Å². The fourth-order valence-electron chi connectivity index (χ4n) is 2.39. The van der Waals surface area contributed by atoms with Gasteiger partial charge in [0.05, 0.1) is 7.11 Å². The lowest BCUT2D eigenvalue weighted by Gasteiger charge is -2.17. The van der Waals surface area contributed by atoms with Crippen LogP contribution in [0.15, 0.2) is 12.1 Å². The zero-order chi connectivity index (χ0) is 13.9. The molecule has 0 unspecified atom stereocenters. The minimum Gasteiger partial charge on any atom is -0.496 e. The molecule has 0 radical (unpaired) electrons. The van der Waals surface area contributed by atoms with Crippen molar-refractivity contribution < 1.29 is 4.74 Å². The number of hydrogen-bond acceptors (Lipinski definition) is 2. The molecule has 0 bridgehead atoms. The fourth-order valence-corrected chi connectivity index (χ4v) is 2.39. The van der Waals surface area contributed by atoms with Gasteiger partial charge in [-0.05, 0) is 49.1 Å². The third-order valence-electron chi connectivity index (χ3n) is 4.24. The first-order valence-electron chi connectivity index (χ1n) is 7.49. The van der Waals surface area contributed by atoms with Crippen molar-refractivity contribution in [2.45, 2.75) is 52.9 Å². The third kappa shape index (κ3) is 3.65. The molecule has 2 rings (SSSR count).